The summed E-state index contributed by atoms with van der Waals surface area (Å²) in [5, 5.41) is 4.64. The number of hydrogen-bond acceptors (Lipinski definition) is 4. The van der Waals surface area contributed by atoms with Gasteiger partial charge in [0, 0.05) is 28.4 Å². The third kappa shape index (κ3) is 2.90. The maximum atomic E-state index is 12.8. The standard InChI is InChI=1S/C17H17N3O2S/c1-17(2,3)13-10-23-16-18-9-12(15(22)20(13)16)14(21)19-11-7-5-4-6-8-11/h4-10H,1-3H3,(H,19,21). The maximum Gasteiger partial charge on any atom is 0.271 e. The summed E-state index contributed by atoms with van der Waals surface area (Å²) in [5.74, 6) is -0.450. The molecule has 0 spiro atoms. The van der Waals surface area contributed by atoms with E-state index >= 15 is 0 Å². The molecule has 0 unspecified atom stereocenters. The number of rotatable bonds is 2. The fourth-order valence-corrected chi connectivity index (χ4v) is 3.36. The molecule has 5 nitrogen and oxygen atoms in total. The van der Waals surface area contributed by atoms with Crippen molar-refractivity contribution in [1.82, 2.24) is 9.38 Å². The number of aromatic nitrogens is 2. The Labute approximate surface area is 137 Å². The summed E-state index contributed by atoms with van der Waals surface area (Å²) in [6.07, 6.45) is 1.35. The third-order valence-electron chi connectivity index (χ3n) is 3.49. The Morgan fingerprint density at radius 3 is 2.57 bits per heavy atom. The zero-order chi connectivity index (χ0) is 16.6. The zero-order valence-corrected chi connectivity index (χ0v) is 14.0. The van der Waals surface area contributed by atoms with Crippen molar-refractivity contribution in [2.24, 2.45) is 0 Å². The molecule has 2 heterocycles. The molecule has 23 heavy (non-hydrogen) atoms. The van der Waals surface area contributed by atoms with Crippen LogP contribution in [0.25, 0.3) is 4.96 Å². The molecule has 0 atom stereocenters. The van der Waals surface area contributed by atoms with Gasteiger partial charge in [-0.05, 0) is 12.1 Å². The Hall–Kier alpha value is -2.47. The topological polar surface area (TPSA) is 63.5 Å². The van der Waals surface area contributed by atoms with E-state index in [1.165, 1.54) is 21.9 Å². The summed E-state index contributed by atoms with van der Waals surface area (Å²) < 4.78 is 1.53. The number of carbonyl (C=O) groups is 1. The van der Waals surface area contributed by atoms with Crippen LogP contribution in [0.1, 0.15) is 36.8 Å². The molecule has 1 aromatic carbocycles. The van der Waals surface area contributed by atoms with E-state index in [0.29, 0.717) is 10.6 Å². The summed E-state index contributed by atoms with van der Waals surface area (Å²) in [6, 6.07) is 9.04. The number of benzene rings is 1. The monoisotopic (exact) mass is 327 g/mol. The lowest BCUT2D eigenvalue weighted by Crippen LogP contribution is -2.29. The lowest BCUT2D eigenvalue weighted by Gasteiger charge is -2.17. The second-order valence-corrected chi connectivity index (χ2v) is 7.12. The predicted octanol–water partition coefficient (Wildman–Crippen LogP) is 3.31. The highest BCUT2D eigenvalue weighted by molar-refractivity contribution is 7.15. The first-order valence-corrected chi connectivity index (χ1v) is 8.12. The molecule has 118 valence electrons. The fraction of sp³-hybridized carbons (Fsp3) is 0.235. The van der Waals surface area contributed by atoms with Crippen LogP contribution in [0.15, 0.2) is 46.7 Å². The van der Waals surface area contributed by atoms with Gasteiger partial charge in [-0.2, -0.15) is 0 Å². The van der Waals surface area contributed by atoms with Crippen molar-refractivity contribution in [2.45, 2.75) is 26.2 Å². The van der Waals surface area contributed by atoms with E-state index in [0.717, 1.165) is 5.69 Å². The highest BCUT2D eigenvalue weighted by atomic mass is 32.1. The van der Waals surface area contributed by atoms with Gasteiger partial charge < -0.3 is 5.32 Å². The average Bonchev–Trinajstić information content (AvgIpc) is 2.93. The minimum absolute atomic E-state index is 0.0373. The first-order chi connectivity index (χ1) is 10.9. The first kappa shape index (κ1) is 15.4. The van der Waals surface area contributed by atoms with E-state index in [2.05, 4.69) is 10.3 Å². The van der Waals surface area contributed by atoms with Crippen molar-refractivity contribution in [1.29, 1.82) is 0 Å². The van der Waals surface area contributed by atoms with Gasteiger partial charge in [0.05, 0.1) is 0 Å². The van der Waals surface area contributed by atoms with Crippen molar-refractivity contribution < 1.29 is 4.79 Å². The molecule has 1 amide bonds. The molecule has 0 fully saturated rings. The minimum atomic E-state index is -0.450. The predicted molar refractivity (Wildman–Crippen MR) is 92.4 cm³/mol. The van der Waals surface area contributed by atoms with E-state index in [9.17, 15) is 9.59 Å². The highest BCUT2D eigenvalue weighted by Crippen LogP contribution is 2.25. The molecule has 0 bridgehead atoms. The molecule has 2 aromatic heterocycles. The quantitative estimate of drug-likeness (QED) is 0.785. The molecule has 1 N–H and O–H groups in total. The fourth-order valence-electron chi connectivity index (χ4n) is 2.28. The third-order valence-corrected chi connectivity index (χ3v) is 4.33. The summed E-state index contributed by atoms with van der Waals surface area (Å²) in [5.41, 5.74) is 0.982. The molecule has 0 aliphatic rings. The van der Waals surface area contributed by atoms with Gasteiger partial charge in [-0.1, -0.05) is 39.0 Å². The van der Waals surface area contributed by atoms with E-state index in [1.807, 2.05) is 44.4 Å². The summed E-state index contributed by atoms with van der Waals surface area (Å²) in [6.45, 7) is 6.08. The van der Waals surface area contributed by atoms with Gasteiger partial charge in [0.2, 0.25) is 0 Å². The van der Waals surface area contributed by atoms with Crippen LogP contribution in [0.4, 0.5) is 5.69 Å². The highest BCUT2D eigenvalue weighted by Gasteiger charge is 2.22. The zero-order valence-electron chi connectivity index (χ0n) is 13.2. The van der Waals surface area contributed by atoms with E-state index < -0.39 is 5.91 Å². The molecule has 0 aliphatic carbocycles. The van der Waals surface area contributed by atoms with Crippen LogP contribution in [0, 0.1) is 0 Å². The van der Waals surface area contributed by atoms with Gasteiger partial charge in [-0.15, -0.1) is 11.3 Å². The van der Waals surface area contributed by atoms with Crippen LogP contribution in [-0.4, -0.2) is 15.3 Å². The van der Waals surface area contributed by atoms with Crippen LogP contribution in [0.3, 0.4) is 0 Å². The number of anilines is 1. The smallest absolute Gasteiger partial charge is 0.271 e. The first-order valence-electron chi connectivity index (χ1n) is 7.24. The van der Waals surface area contributed by atoms with E-state index in [-0.39, 0.29) is 16.5 Å². The Kier molecular flexibility index (Phi) is 3.77. The molecule has 3 rings (SSSR count). The van der Waals surface area contributed by atoms with Gasteiger partial charge in [-0.3, -0.25) is 14.0 Å². The Bertz CT molecular complexity index is 920. The van der Waals surface area contributed by atoms with Crippen LogP contribution < -0.4 is 10.9 Å². The molecule has 0 saturated carbocycles. The van der Waals surface area contributed by atoms with E-state index in [1.54, 1.807) is 12.1 Å². The molecule has 0 aliphatic heterocycles. The van der Waals surface area contributed by atoms with Crippen molar-refractivity contribution in [3.8, 4) is 0 Å². The number of amides is 1. The Morgan fingerprint density at radius 1 is 1.22 bits per heavy atom. The molecule has 6 heteroatoms. The molecular formula is C17H17N3O2S. The van der Waals surface area contributed by atoms with Gasteiger partial charge in [-0.25, -0.2) is 4.98 Å². The lowest BCUT2D eigenvalue weighted by molar-refractivity contribution is 0.102. The molecule has 3 aromatic rings. The van der Waals surface area contributed by atoms with E-state index in [4.69, 9.17) is 0 Å². The summed E-state index contributed by atoms with van der Waals surface area (Å²) >= 11 is 1.40. The summed E-state index contributed by atoms with van der Waals surface area (Å²) in [7, 11) is 0. The maximum absolute atomic E-state index is 12.8. The average molecular weight is 327 g/mol. The number of nitrogens with zero attached hydrogens (tertiary/aromatic N) is 2. The lowest BCUT2D eigenvalue weighted by atomic mass is 9.93. The van der Waals surface area contributed by atoms with Crippen LogP contribution in [-0.2, 0) is 5.41 Å². The SMILES string of the molecule is CC(C)(C)c1csc2ncc(C(=O)Nc3ccccc3)c(=O)n12. The molecule has 0 saturated heterocycles. The summed E-state index contributed by atoms with van der Waals surface area (Å²) in [4.78, 5) is 30.0. The van der Waals surface area contributed by atoms with Crippen LogP contribution in [0.2, 0.25) is 0 Å². The molecule has 0 radical (unpaired) electrons. The number of thiazole rings is 1. The number of carbonyl (C=O) groups excluding carboxylic acids is 1. The number of para-hydroxylation sites is 1. The number of hydrogen-bond donors (Lipinski definition) is 1. The second-order valence-electron chi connectivity index (χ2n) is 6.29. The Morgan fingerprint density at radius 2 is 1.91 bits per heavy atom. The number of fused-ring (bicyclic) bond motifs is 1. The van der Waals surface area contributed by atoms with Crippen LogP contribution in [0.5, 0.6) is 0 Å². The van der Waals surface area contributed by atoms with Gasteiger partial charge >= 0.3 is 0 Å². The second kappa shape index (κ2) is 5.62. The van der Waals surface area contributed by atoms with Crippen molar-refractivity contribution in [3.05, 3.63) is 63.5 Å². The van der Waals surface area contributed by atoms with Gasteiger partial charge in [0.25, 0.3) is 11.5 Å². The van der Waals surface area contributed by atoms with Gasteiger partial charge in [0.1, 0.15) is 5.56 Å². The van der Waals surface area contributed by atoms with Crippen molar-refractivity contribution in [3.63, 3.8) is 0 Å². The number of nitrogens with one attached hydrogen (secondary N) is 1. The largest absolute Gasteiger partial charge is 0.322 e. The minimum Gasteiger partial charge on any atom is -0.322 e. The Balaban J connectivity index is 2.07. The normalized spacial score (nSPS) is 11.6. The molecular weight excluding hydrogens is 310 g/mol. The van der Waals surface area contributed by atoms with Crippen LogP contribution >= 0.6 is 11.3 Å². The van der Waals surface area contributed by atoms with Crippen molar-refractivity contribution in [2.75, 3.05) is 5.32 Å². The van der Waals surface area contributed by atoms with Crippen molar-refractivity contribution >= 4 is 27.9 Å². The van der Waals surface area contributed by atoms with Gasteiger partial charge in [0.15, 0.2) is 4.96 Å².